The molecule has 5 nitrogen and oxygen atoms in total. The zero-order valence-corrected chi connectivity index (χ0v) is 12.1. The van der Waals surface area contributed by atoms with Crippen LogP contribution in [0.25, 0.3) is 0 Å². The van der Waals surface area contributed by atoms with Gasteiger partial charge in [0.2, 0.25) is 5.91 Å². The molecule has 1 aromatic rings. The van der Waals surface area contributed by atoms with E-state index in [0.29, 0.717) is 31.0 Å². The third-order valence-corrected chi connectivity index (χ3v) is 3.48. The minimum absolute atomic E-state index is 0.124. The zero-order chi connectivity index (χ0) is 15.1. The first-order valence-corrected chi connectivity index (χ1v) is 7.11. The number of carbonyl (C=O) groups is 1. The zero-order valence-electron chi connectivity index (χ0n) is 12.1. The summed E-state index contributed by atoms with van der Waals surface area (Å²) in [5, 5.41) is 0. The maximum absolute atomic E-state index is 12.1. The number of amides is 1. The van der Waals surface area contributed by atoms with Gasteiger partial charge in [0, 0.05) is 37.9 Å². The summed E-state index contributed by atoms with van der Waals surface area (Å²) >= 11 is 0. The lowest BCUT2D eigenvalue weighted by molar-refractivity contribution is -0.133. The van der Waals surface area contributed by atoms with Crippen LogP contribution in [0.4, 0.5) is 5.69 Å². The fourth-order valence-electron chi connectivity index (χ4n) is 2.30. The normalized spacial score (nSPS) is 15.5. The van der Waals surface area contributed by atoms with Gasteiger partial charge in [-0.1, -0.05) is 12.0 Å². The first kappa shape index (κ1) is 15.2. The number of nitrogens with two attached hydrogens (primary N) is 1. The lowest BCUT2D eigenvalue weighted by atomic mass is 10.2. The summed E-state index contributed by atoms with van der Waals surface area (Å²) in [5.41, 5.74) is 6.33. The first-order chi connectivity index (χ1) is 10.2. The Morgan fingerprint density at radius 2 is 2.10 bits per heavy atom. The highest BCUT2D eigenvalue weighted by Gasteiger charge is 2.20. The molecular weight excluding hydrogens is 266 g/mol. The minimum Gasteiger partial charge on any atom is -0.493 e. The topological polar surface area (TPSA) is 58.8 Å². The summed E-state index contributed by atoms with van der Waals surface area (Å²) in [5.74, 6) is 3.45. The highest BCUT2D eigenvalue weighted by atomic mass is 16.5. The van der Waals surface area contributed by atoms with E-state index in [2.05, 4.69) is 10.8 Å². The molecule has 0 radical (unpaired) electrons. The van der Waals surface area contributed by atoms with Gasteiger partial charge in [-0.2, -0.15) is 0 Å². The van der Waals surface area contributed by atoms with E-state index in [1.54, 1.807) is 12.1 Å². The summed E-state index contributed by atoms with van der Waals surface area (Å²) in [6, 6.07) is 7.22. The quantitative estimate of drug-likeness (QED) is 0.643. The maximum atomic E-state index is 12.1. The number of anilines is 1. The number of nitrogen functional groups attached to an aromatic ring is 1. The van der Waals surface area contributed by atoms with Crippen LogP contribution < -0.4 is 10.5 Å². The maximum Gasteiger partial charge on any atom is 0.226 e. The summed E-state index contributed by atoms with van der Waals surface area (Å²) in [4.78, 5) is 16.1. The van der Waals surface area contributed by atoms with Crippen LogP contribution in [0, 0.1) is 12.3 Å². The number of ether oxygens (including phenoxy) is 1. The number of piperazine rings is 1. The van der Waals surface area contributed by atoms with Gasteiger partial charge in [-0.15, -0.1) is 6.42 Å². The van der Waals surface area contributed by atoms with E-state index in [-0.39, 0.29) is 5.91 Å². The molecule has 0 aliphatic carbocycles. The van der Waals surface area contributed by atoms with Crippen LogP contribution in [0.15, 0.2) is 24.3 Å². The van der Waals surface area contributed by atoms with E-state index < -0.39 is 0 Å². The van der Waals surface area contributed by atoms with Crippen molar-refractivity contribution in [2.75, 3.05) is 45.1 Å². The molecule has 0 atom stereocenters. The molecule has 2 rings (SSSR count). The van der Waals surface area contributed by atoms with E-state index >= 15 is 0 Å². The molecule has 5 heteroatoms. The number of benzene rings is 1. The Hall–Kier alpha value is -2.19. The first-order valence-electron chi connectivity index (χ1n) is 7.11. The SMILES string of the molecule is C#CCN1CCN(C(=O)CCOc2cccc(N)c2)CC1. The molecule has 0 bridgehead atoms. The molecule has 112 valence electrons. The van der Waals surface area contributed by atoms with Crippen molar-refractivity contribution in [3.8, 4) is 18.1 Å². The molecule has 0 saturated carbocycles. The standard InChI is InChI=1S/C16H21N3O2/c1-2-7-18-8-10-19(11-9-18)16(20)6-12-21-15-5-3-4-14(17)13-15/h1,3-5,13H,6-12,17H2. The van der Waals surface area contributed by atoms with Gasteiger partial charge >= 0.3 is 0 Å². The largest absolute Gasteiger partial charge is 0.493 e. The molecule has 1 aliphatic rings. The van der Waals surface area contributed by atoms with Crippen molar-refractivity contribution in [2.24, 2.45) is 0 Å². The van der Waals surface area contributed by atoms with E-state index in [4.69, 9.17) is 16.9 Å². The van der Waals surface area contributed by atoms with Crippen molar-refractivity contribution in [1.82, 2.24) is 9.80 Å². The van der Waals surface area contributed by atoms with Gasteiger partial charge in [0.15, 0.2) is 0 Å². The van der Waals surface area contributed by atoms with Gasteiger partial charge in [-0.3, -0.25) is 9.69 Å². The number of hydrogen-bond donors (Lipinski definition) is 1. The Labute approximate surface area is 125 Å². The molecule has 1 saturated heterocycles. The average molecular weight is 287 g/mol. The summed E-state index contributed by atoms with van der Waals surface area (Å²) in [6.07, 6.45) is 5.67. The van der Waals surface area contributed by atoms with Crippen LogP contribution >= 0.6 is 0 Å². The van der Waals surface area contributed by atoms with Crippen molar-refractivity contribution in [1.29, 1.82) is 0 Å². The molecule has 1 fully saturated rings. The minimum atomic E-state index is 0.124. The second-order valence-electron chi connectivity index (χ2n) is 5.03. The van der Waals surface area contributed by atoms with Crippen molar-refractivity contribution in [2.45, 2.75) is 6.42 Å². The van der Waals surface area contributed by atoms with E-state index in [0.717, 1.165) is 26.2 Å². The van der Waals surface area contributed by atoms with Crippen LogP contribution in [-0.2, 0) is 4.79 Å². The van der Waals surface area contributed by atoms with Crippen molar-refractivity contribution in [3.05, 3.63) is 24.3 Å². The molecule has 21 heavy (non-hydrogen) atoms. The highest BCUT2D eigenvalue weighted by Crippen LogP contribution is 2.14. The third-order valence-electron chi connectivity index (χ3n) is 3.48. The van der Waals surface area contributed by atoms with Crippen molar-refractivity contribution in [3.63, 3.8) is 0 Å². The predicted molar refractivity (Wildman–Crippen MR) is 82.8 cm³/mol. The number of rotatable bonds is 5. The fraction of sp³-hybridized carbons (Fsp3) is 0.438. The van der Waals surface area contributed by atoms with Gasteiger partial charge in [0.05, 0.1) is 19.6 Å². The van der Waals surface area contributed by atoms with Crippen LogP contribution in [-0.4, -0.2) is 55.0 Å². The van der Waals surface area contributed by atoms with Crippen LogP contribution in [0.5, 0.6) is 5.75 Å². The van der Waals surface area contributed by atoms with E-state index in [1.165, 1.54) is 0 Å². The van der Waals surface area contributed by atoms with Crippen LogP contribution in [0.2, 0.25) is 0 Å². The Balaban J connectivity index is 1.70. The Morgan fingerprint density at radius 3 is 2.76 bits per heavy atom. The summed E-state index contributed by atoms with van der Waals surface area (Å²) in [6.45, 7) is 4.17. The van der Waals surface area contributed by atoms with Gasteiger partial charge in [0.1, 0.15) is 5.75 Å². The molecule has 1 amide bonds. The second-order valence-corrected chi connectivity index (χ2v) is 5.03. The Morgan fingerprint density at radius 1 is 1.33 bits per heavy atom. The highest BCUT2D eigenvalue weighted by molar-refractivity contribution is 5.76. The van der Waals surface area contributed by atoms with E-state index in [9.17, 15) is 4.79 Å². The number of carbonyl (C=O) groups excluding carboxylic acids is 1. The second kappa shape index (κ2) is 7.55. The summed E-state index contributed by atoms with van der Waals surface area (Å²) < 4.78 is 5.54. The summed E-state index contributed by atoms with van der Waals surface area (Å²) in [7, 11) is 0. The fourth-order valence-corrected chi connectivity index (χ4v) is 2.30. The molecule has 0 spiro atoms. The number of terminal acetylenes is 1. The number of nitrogens with zero attached hydrogens (tertiary/aromatic N) is 2. The lowest BCUT2D eigenvalue weighted by Gasteiger charge is -2.33. The molecule has 0 aromatic heterocycles. The Bertz CT molecular complexity index is 516. The predicted octanol–water partition coefficient (Wildman–Crippen LogP) is 0.815. The molecule has 0 unspecified atom stereocenters. The van der Waals surface area contributed by atoms with Crippen molar-refractivity contribution < 1.29 is 9.53 Å². The van der Waals surface area contributed by atoms with Crippen LogP contribution in [0.3, 0.4) is 0 Å². The van der Waals surface area contributed by atoms with Crippen LogP contribution in [0.1, 0.15) is 6.42 Å². The van der Waals surface area contributed by atoms with Gasteiger partial charge in [-0.05, 0) is 12.1 Å². The monoisotopic (exact) mass is 287 g/mol. The van der Waals surface area contributed by atoms with Crippen molar-refractivity contribution >= 4 is 11.6 Å². The van der Waals surface area contributed by atoms with Gasteiger partial charge < -0.3 is 15.4 Å². The molecule has 1 heterocycles. The molecule has 1 aromatic carbocycles. The molecule has 1 aliphatic heterocycles. The smallest absolute Gasteiger partial charge is 0.226 e. The molecular formula is C16H21N3O2. The van der Waals surface area contributed by atoms with E-state index in [1.807, 2.05) is 17.0 Å². The molecule has 2 N–H and O–H groups in total. The number of hydrogen-bond acceptors (Lipinski definition) is 4. The Kier molecular flexibility index (Phi) is 5.47. The lowest BCUT2D eigenvalue weighted by Crippen LogP contribution is -2.48. The van der Waals surface area contributed by atoms with Gasteiger partial charge in [-0.25, -0.2) is 0 Å². The van der Waals surface area contributed by atoms with Gasteiger partial charge in [0.25, 0.3) is 0 Å². The third kappa shape index (κ3) is 4.69. The average Bonchev–Trinajstić information content (AvgIpc) is 2.48.